The summed E-state index contributed by atoms with van der Waals surface area (Å²) < 4.78 is 13.5. The summed E-state index contributed by atoms with van der Waals surface area (Å²) in [6.45, 7) is 1.87. The first-order chi connectivity index (χ1) is 10.9. The third-order valence-corrected chi connectivity index (χ3v) is 3.81. The molecular formula is C17H21ClN2O4. The summed E-state index contributed by atoms with van der Waals surface area (Å²) >= 11 is 0. The Balaban J connectivity index is 0.00000288. The molecule has 0 aliphatic carbocycles. The van der Waals surface area contributed by atoms with Gasteiger partial charge in [0, 0.05) is 17.7 Å². The van der Waals surface area contributed by atoms with E-state index in [-0.39, 0.29) is 23.8 Å². The van der Waals surface area contributed by atoms with Gasteiger partial charge in [-0.1, -0.05) is 0 Å². The summed E-state index contributed by atoms with van der Waals surface area (Å²) in [6.07, 6.45) is 3.59. The van der Waals surface area contributed by atoms with Crippen LogP contribution in [-0.4, -0.2) is 23.9 Å². The topological polar surface area (TPSA) is 64.6 Å². The number of halogens is 1. The molecule has 0 spiro atoms. The lowest BCUT2D eigenvalue weighted by Crippen LogP contribution is -3.00. The second-order valence-corrected chi connectivity index (χ2v) is 5.21. The van der Waals surface area contributed by atoms with E-state index < -0.39 is 0 Å². The van der Waals surface area contributed by atoms with Gasteiger partial charge in [0.15, 0.2) is 11.5 Å². The van der Waals surface area contributed by atoms with Crippen molar-refractivity contribution < 1.29 is 31.6 Å². The van der Waals surface area contributed by atoms with Crippen LogP contribution in [0, 0.1) is 6.92 Å². The molecule has 0 aliphatic rings. The predicted octanol–water partition coefficient (Wildman–Crippen LogP) is -1.58. The first-order valence-corrected chi connectivity index (χ1v) is 7.08. The molecule has 1 aromatic carbocycles. The average Bonchev–Trinajstić information content (AvgIpc) is 2.55. The molecule has 0 aliphatic heterocycles. The first-order valence-electron chi connectivity index (χ1n) is 7.08. The molecule has 0 saturated carbocycles. The van der Waals surface area contributed by atoms with Gasteiger partial charge in [-0.2, -0.15) is 13.9 Å². The number of aryl methyl sites for hydroxylation is 1. The zero-order valence-electron chi connectivity index (χ0n) is 14.3. The normalized spacial score (nSPS) is 10.5. The van der Waals surface area contributed by atoms with Crippen molar-refractivity contribution in [3.8, 4) is 17.2 Å². The van der Waals surface area contributed by atoms with Crippen LogP contribution in [0.3, 0.4) is 0 Å². The smallest absolute Gasteiger partial charge is 0.498 e. The molecule has 0 fully saturated rings. The number of nitrogens with zero attached hydrogens (tertiary/aromatic N) is 2. The minimum atomic E-state index is -0.103. The van der Waals surface area contributed by atoms with Crippen LogP contribution in [0.4, 0.5) is 0 Å². The van der Waals surface area contributed by atoms with Crippen LogP contribution in [0.25, 0.3) is 12.2 Å². The lowest BCUT2D eigenvalue weighted by Gasteiger charge is -2.09. The third-order valence-electron chi connectivity index (χ3n) is 3.81. The number of hydrogen-bond donors (Lipinski definition) is 1. The van der Waals surface area contributed by atoms with E-state index in [1.807, 2.05) is 13.0 Å². The van der Waals surface area contributed by atoms with Gasteiger partial charge in [0.25, 0.3) is 0 Å². The van der Waals surface area contributed by atoms with Crippen molar-refractivity contribution in [3.05, 3.63) is 45.6 Å². The SMILES string of the molecule is COc1cc(OC)c(C=Cc2cc(C)n(C)c(=O)[n+]2C)cc1O.[Cl-]. The van der Waals surface area contributed by atoms with E-state index in [2.05, 4.69) is 0 Å². The van der Waals surface area contributed by atoms with Crippen LogP contribution in [0.15, 0.2) is 23.0 Å². The number of aromatic hydroxyl groups is 1. The van der Waals surface area contributed by atoms with E-state index in [0.717, 1.165) is 11.4 Å². The van der Waals surface area contributed by atoms with Crippen LogP contribution in [0.1, 0.15) is 17.0 Å². The Morgan fingerprint density at radius 3 is 2.33 bits per heavy atom. The molecule has 0 amide bonds. The van der Waals surface area contributed by atoms with Crippen LogP contribution in [0.2, 0.25) is 0 Å². The van der Waals surface area contributed by atoms with E-state index >= 15 is 0 Å². The highest BCUT2D eigenvalue weighted by Gasteiger charge is 2.12. The van der Waals surface area contributed by atoms with E-state index in [1.165, 1.54) is 7.11 Å². The minimum Gasteiger partial charge on any atom is -1.00 e. The molecule has 2 rings (SSSR count). The monoisotopic (exact) mass is 352 g/mol. The number of rotatable bonds is 4. The number of ether oxygens (including phenoxy) is 2. The fourth-order valence-corrected chi connectivity index (χ4v) is 2.27. The molecule has 0 bridgehead atoms. The van der Waals surface area contributed by atoms with Crippen LogP contribution < -0.4 is 32.1 Å². The maximum atomic E-state index is 12.1. The van der Waals surface area contributed by atoms with Crippen molar-refractivity contribution in [2.24, 2.45) is 14.1 Å². The van der Waals surface area contributed by atoms with Gasteiger partial charge in [-0.05, 0) is 25.1 Å². The zero-order chi connectivity index (χ0) is 17.1. The third kappa shape index (κ3) is 3.71. The van der Waals surface area contributed by atoms with E-state index in [9.17, 15) is 9.90 Å². The van der Waals surface area contributed by atoms with Crippen molar-refractivity contribution in [1.82, 2.24) is 4.57 Å². The minimum absolute atomic E-state index is 0. The van der Waals surface area contributed by atoms with E-state index in [1.54, 1.807) is 54.6 Å². The number of benzene rings is 1. The Morgan fingerprint density at radius 1 is 1.12 bits per heavy atom. The molecule has 1 aromatic heterocycles. The van der Waals surface area contributed by atoms with E-state index in [0.29, 0.717) is 17.1 Å². The van der Waals surface area contributed by atoms with Crippen molar-refractivity contribution in [3.63, 3.8) is 0 Å². The Hall–Kier alpha value is -2.47. The Morgan fingerprint density at radius 2 is 1.75 bits per heavy atom. The Bertz CT molecular complexity index is 828. The Kier molecular flexibility index (Phi) is 6.42. The summed E-state index contributed by atoms with van der Waals surface area (Å²) in [4.78, 5) is 12.1. The summed E-state index contributed by atoms with van der Waals surface area (Å²) in [5.41, 5.74) is 2.19. The maximum Gasteiger partial charge on any atom is 0.498 e. The van der Waals surface area contributed by atoms with Gasteiger partial charge < -0.3 is 27.0 Å². The second-order valence-electron chi connectivity index (χ2n) is 5.21. The lowest BCUT2D eigenvalue weighted by atomic mass is 10.1. The van der Waals surface area contributed by atoms with Crippen molar-refractivity contribution in [1.29, 1.82) is 0 Å². The van der Waals surface area contributed by atoms with Crippen molar-refractivity contribution >= 4 is 12.2 Å². The molecule has 24 heavy (non-hydrogen) atoms. The van der Waals surface area contributed by atoms with Gasteiger partial charge in [-0.15, -0.1) is 0 Å². The highest BCUT2D eigenvalue weighted by molar-refractivity contribution is 5.72. The Labute approximate surface area is 147 Å². The highest BCUT2D eigenvalue weighted by atomic mass is 35.5. The number of hydrogen-bond acceptors (Lipinski definition) is 4. The summed E-state index contributed by atoms with van der Waals surface area (Å²) in [6, 6.07) is 5.08. The van der Waals surface area contributed by atoms with Crippen molar-refractivity contribution in [2.45, 2.75) is 6.92 Å². The fraction of sp³-hybridized carbons (Fsp3) is 0.294. The van der Waals surface area contributed by atoms with Crippen molar-refractivity contribution in [2.75, 3.05) is 14.2 Å². The van der Waals surface area contributed by atoms with Gasteiger partial charge >= 0.3 is 5.69 Å². The maximum absolute atomic E-state index is 12.1. The molecule has 0 radical (unpaired) electrons. The molecule has 0 saturated heterocycles. The second kappa shape index (κ2) is 7.88. The standard InChI is InChI=1S/C17H20N2O4.ClH/c1-11-8-13(19(3)17(21)18(11)2)7-6-12-9-14(20)16(23-5)10-15(12)22-4;/h6-10H,1-5H3;1H. The van der Waals surface area contributed by atoms with E-state index in [4.69, 9.17) is 9.47 Å². The average molecular weight is 353 g/mol. The summed E-state index contributed by atoms with van der Waals surface area (Å²) in [7, 11) is 6.47. The number of phenolic OH excluding ortho intramolecular Hbond substituents is 1. The van der Waals surface area contributed by atoms with Crippen LogP contribution >= 0.6 is 0 Å². The van der Waals surface area contributed by atoms with Gasteiger partial charge in [-0.25, -0.2) is 0 Å². The molecular weight excluding hydrogens is 332 g/mol. The molecule has 6 nitrogen and oxygen atoms in total. The predicted molar refractivity (Wildman–Crippen MR) is 87.7 cm³/mol. The number of aromatic nitrogens is 2. The molecule has 1 N–H and O–H groups in total. The number of phenols is 1. The fourth-order valence-electron chi connectivity index (χ4n) is 2.27. The summed E-state index contributed by atoms with van der Waals surface area (Å²) in [5.74, 6) is 0.936. The van der Waals surface area contributed by atoms with Gasteiger partial charge in [0.05, 0.1) is 28.3 Å². The molecule has 2 aromatic rings. The largest absolute Gasteiger partial charge is 1.00 e. The highest BCUT2D eigenvalue weighted by Crippen LogP contribution is 2.34. The first kappa shape index (κ1) is 19.6. The van der Waals surface area contributed by atoms with Gasteiger partial charge in [0.1, 0.15) is 17.1 Å². The van der Waals surface area contributed by atoms with Gasteiger partial charge in [0.2, 0.25) is 0 Å². The molecule has 7 heteroatoms. The van der Waals surface area contributed by atoms with Crippen LogP contribution in [0.5, 0.6) is 17.2 Å². The molecule has 0 atom stereocenters. The van der Waals surface area contributed by atoms with Crippen LogP contribution in [-0.2, 0) is 14.1 Å². The quantitative estimate of drug-likeness (QED) is 0.674. The molecule has 1 heterocycles. The molecule has 0 unspecified atom stereocenters. The summed E-state index contributed by atoms with van der Waals surface area (Å²) in [5, 5.41) is 9.91. The molecule has 130 valence electrons. The lowest BCUT2D eigenvalue weighted by molar-refractivity contribution is -0.692. The zero-order valence-corrected chi connectivity index (χ0v) is 15.1. The number of methoxy groups -OCH3 is 2. The van der Waals surface area contributed by atoms with Gasteiger partial charge in [-0.3, -0.25) is 0 Å².